The summed E-state index contributed by atoms with van der Waals surface area (Å²) in [5.74, 6) is 1.39. The molecule has 0 aliphatic heterocycles. The normalized spacial score (nSPS) is 9.28. The van der Waals surface area contributed by atoms with E-state index in [0.29, 0.717) is 18.8 Å². The molecule has 0 aliphatic carbocycles. The molecule has 0 radical (unpaired) electrons. The zero-order valence-corrected chi connectivity index (χ0v) is 17.2. The second-order valence-corrected chi connectivity index (χ2v) is 5.45. The lowest BCUT2D eigenvalue weighted by Gasteiger charge is -2.05. The fraction of sp³-hybridized carbons (Fsp3) is 0.350. The topological polar surface area (TPSA) is 144 Å². The van der Waals surface area contributed by atoms with Gasteiger partial charge >= 0.3 is 0 Å². The van der Waals surface area contributed by atoms with Gasteiger partial charge in [0.1, 0.15) is 11.5 Å². The van der Waals surface area contributed by atoms with Crippen molar-refractivity contribution in [3.63, 3.8) is 0 Å². The number of benzene rings is 2. The van der Waals surface area contributed by atoms with E-state index in [1.54, 1.807) is 62.8 Å². The number of methoxy groups -OCH3 is 2. The van der Waals surface area contributed by atoms with Crippen molar-refractivity contribution in [2.24, 2.45) is 11.5 Å². The predicted octanol–water partition coefficient (Wildman–Crippen LogP) is 1.78. The molecule has 2 rings (SSSR count). The fourth-order valence-corrected chi connectivity index (χ4v) is 1.66. The number of carbonyl (C=O) groups excluding carboxylic acids is 1. The van der Waals surface area contributed by atoms with E-state index in [9.17, 15) is 4.79 Å². The van der Waals surface area contributed by atoms with Gasteiger partial charge in [0.25, 0.3) is 0 Å². The molecule has 0 spiro atoms. The molecule has 0 aromatic heterocycles. The first kappa shape index (κ1) is 26.1. The second kappa shape index (κ2) is 17.3. The lowest BCUT2D eigenvalue weighted by Crippen LogP contribution is -2.11. The molecule has 29 heavy (non-hydrogen) atoms. The van der Waals surface area contributed by atoms with Crippen LogP contribution in [0.15, 0.2) is 48.5 Å². The number of ether oxygens (including phenoxy) is 4. The number of anilines is 2. The summed E-state index contributed by atoms with van der Waals surface area (Å²) in [6.45, 7) is 3.15. The van der Waals surface area contributed by atoms with E-state index in [-0.39, 0.29) is 19.5 Å². The average molecular weight is 408 g/mol. The quantitative estimate of drug-likeness (QED) is 0.382. The van der Waals surface area contributed by atoms with Gasteiger partial charge in [-0.2, -0.15) is 0 Å². The molecule has 9 heteroatoms. The number of carbonyl (C=O) groups is 1. The maximum Gasteiger partial charge on any atom is 0.221 e. The van der Waals surface area contributed by atoms with Gasteiger partial charge in [-0.3, -0.25) is 4.79 Å². The van der Waals surface area contributed by atoms with Gasteiger partial charge in [0.15, 0.2) is 13.6 Å². The van der Waals surface area contributed by atoms with Crippen molar-refractivity contribution >= 4 is 17.3 Å². The van der Waals surface area contributed by atoms with Crippen molar-refractivity contribution in [3.05, 3.63) is 48.5 Å². The smallest absolute Gasteiger partial charge is 0.221 e. The monoisotopic (exact) mass is 408 g/mol. The molecule has 7 N–H and O–H groups in total. The summed E-state index contributed by atoms with van der Waals surface area (Å²) in [6, 6.07) is 14.2. The van der Waals surface area contributed by atoms with Crippen molar-refractivity contribution in [2.75, 3.05) is 51.9 Å². The summed E-state index contributed by atoms with van der Waals surface area (Å²) >= 11 is 0. The van der Waals surface area contributed by atoms with Crippen LogP contribution in [0.3, 0.4) is 0 Å². The molecule has 0 atom stereocenters. The van der Waals surface area contributed by atoms with E-state index in [1.807, 2.05) is 0 Å². The lowest BCUT2D eigenvalue weighted by atomic mass is 10.3. The Kier molecular flexibility index (Phi) is 15.6. The van der Waals surface area contributed by atoms with Crippen LogP contribution >= 0.6 is 0 Å². The van der Waals surface area contributed by atoms with Crippen LogP contribution in [-0.4, -0.2) is 46.8 Å². The second-order valence-electron chi connectivity index (χ2n) is 5.45. The summed E-state index contributed by atoms with van der Waals surface area (Å²) < 4.78 is 19.8. The zero-order valence-electron chi connectivity index (χ0n) is 17.2. The highest BCUT2D eigenvalue weighted by Gasteiger charge is 1.96. The number of nitrogen functional groups attached to an aromatic ring is 1. The van der Waals surface area contributed by atoms with Gasteiger partial charge in [-0.25, -0.2) is 0 Å². The van der Waals surface area contributed by atoms with Gasteiger partial charge in [0.2, 0.25) is 5.91 Å². The number of nitrogens with one attached hydrogen (secondary N) is 1. The molecule has 0 bridgehead atoms. The van der Waals surface area contributed by atoms with E-state index < -0.39 is 0 Å². The van der Waals surface area contributed by atoms with Gasteiger partial charge in [-0.05, 0) is 48.5 Å². The van der Waals surface area contributed by atoms with Crippen molar-refractivity contribution in [3.8, 4) is 11.5 Å². The highest BCUT2D eigenvalue weighted by molar-refractivity contribution is 5.88. The molecule has 9 nitrogen and oxygen atoms in total. The van der Waals surface area contributed by atoms with Gasteiger partial charge in [-0.15, -0.1) is 0 Å². The first-order chi connectivity index (χ1) is 14.0. The van der Waals surface area contributed by atoms with Crippen molar-refractivity contribution in [1.29, 1.82) is 0 Å². The van der Waals surface area contributed by atoms with Crippen LogP contribution < -0.4 is 32.0 Å². The SMILES string of the molecule is COCOc1ccc(N)cc1.COCOc1ccc(NC(C)=O)cc1.NCCN. The zero-order chi connectivity index (χ0) is 21.9. The fourth-order valence-electron chi connectivity index (χ4n) is 1.66. The number of nitrogens with two attached hydrogens (primary N) is 3. The van der Waals surface area contributed by atoms with E-state index >= 15 is 0 Å². The molecule has 0 saturated carbocycles. The van der Waals surface area contributed by atoms with Gasteiger partial charge in [0, 0.05) is 45.6 Å². The predicted molar refractivity (Wildman–Crippen MR) is 115 cm³/mol. The first-order valence-corrected chi connectivity index (χ1v) is 8.83. The lowest BCUT2D eigenvalue weighted by molar-refractivity contribution is -0.114. The van der Waals surface area contributed by atoms with Crippen LogP contribution in [0.4, 0.5) is 11.4 Å². The van der Waals surface area contributed by atoms with Crippen LogP contribution in [0.5, 0.6) is 11.5 Å². The van der Waals surface area contributed by atoms with Crippen LogP contribution in [-0.2, 0) is 14.3 Å². The number of hydrogen-bond donors (Lipinski definition) is 4. The average Bonchev–Trinajstić information content (AvgIpc) is 2.73. The molecule has 0 saturated heterocycles. The number of hydrogen-bond acceptors (Lipinski definition) is 8. The van der Waals surface area contributed by atoms with E-state index in [2.05, 4.69) is 5.32 Å². The summed E-state index contributed by atoms with van der Waals surface area (Å²) in [5.41, 5.74) is 16.8. The summed E-state index contributed by atoms with van der Waals surface area (Å²) in [4.78, 5) is 10.7. The largest absolute Gasteiger partial charge is 0.468 e. The summed E-state index contributed by atoms with van der Waals surface area (Å²) in [5, 5.41) is 2.66. The van der Waals surface area contributed by atoms with Crippen molar-refractivity contribution in [1.82, 2.24) is 0 Å². The van der Waals surface area contributed by atoms with E-state index in [0.717, 1.165) is 17.1 Å². The Labute approximate surface area is 172 Å². The Morgan fingerprint density at radius 1 is 0.828 bits per heavy atom. The molecule has 0 aliphatic rings. The summed E-state index contributed by atoms with van der Waals surface area (Å²) in [7, 11) is 3.14. The Morgan fingerprint density at radius 2 is 1.24 bits per heavy atom. The highest BCUT2D eigenvalue weighted by Crippen LogP contribution is 2.15. The molecular formula is C20H32N4O5. The maximum absolute atomic E-state index is 10.7. The molecule has 0 unspecified atom stereocenters. The van der Waals surface area contributed by atoms with Gasteiger partial charge < -0.3 is 41.5 Å². The highest BCUT2D eigenvalue weighted by atomic mass is 16.7. The molecule has 2 aromatic carbocycles. The van der Waals surface area contributed by atoms with Crippen LogP contribution in [0, 0.1) is 0 Å². The van der Waals surface area contributed by atoms with Gasteiger partial charge in [-0.1, -0.05) is 0 Å². The Morgan fingerprint density at radius 3 is 1.59 bits per heavy atom. The Hall–Kier alpha value is -2.85. The van der Waals surface area contributed by atoms with E-state index in [4.69, 9.17) is 36.1 Å². The van der Waals surface area contributed by atoms with E-state index in [1.165, 1.54) is 6.92 Å². The molecule has 0 heterocycles. The Bertz CT molecular complexity index is 649. The Balaban J connectivity index is 0.000000466. The minimum atomic E-state index is -0.0874. The molecule has 1 amide bonds. The number of rotatable bonds is 8. The third-order valence-corrected chi connectivity index (χ3v) is 2.91. The molecule has 2 aromatic rings. The maximum atomic E-state index is 10.7. The van der Waals surface area contributed by atoms with Crippen molar-refractivity contribution in [2.45, 2.75) is 6.92 Å². The first-order valence-electron chi connectivity index (χ1n) is 8.83. The summed E-state index contributed by atoms with van der Waals surface area (Å²) in [6.07, 6.45) is 0. The van der Waals surface area contributed by atoms with Crippen LogP contribution in [0.25, 0.3) is 0 Å². The van der Waals surface area contributed by atoms with Crippen LogP contribution in [0.2, 0.25) is 0 Å². The molecule has 0 fully saturated rings. The standard InChI is InChI=1S/C10H13NO3.C8H11NO2.C2H8N2/c1-8(12)11-9-3-5-10(6-4-9)14-7-13-2;1-10-6-11-8-4-2-7(9)3-5-8;3-1-2-4/h3-6H,7H2,1-2H3,(H,11,12);2-5H,6,9H2,1H3;1-4H2. The third kappa shape index (κ3) is 14.8. The minimum absolute atomic E-state index is 0.0874. The minimum Gasteiger partial charge on any atom is -0.468 e. The third-order valence-electron chi connectivity index (χ3n) is 2.91. The van der Waals surface area contributed by atoms with Gasteiger partial charge in [0.05, 0.1) is 0 Å². The molecular weight excluding hydrogens is 376 g/mol. The van der Waals surface area contributed by atoms with Crippen LogP contribution in [0.1, 0.15) is 6.92 Å². The van der Waals surface area contributed by atoms with Crippen molar-refractivity contribution < 1.29 is 23.7 Å². The number of amides is 1. The molecule has 162 valence electrons.